The van der Waals surface area contributed by atoms with E-state index in [2.05, 4.69) is 0 Å². The fourth-order valence-electron chi connectivity index (χ4n) is 2.81. The summed E-state index contributed by atoms with van der Waals surface area (Å²) >= 11 is 0. The van der Waals surface area contributed by atoms with Gasteiger partial charge in [-0.25, -0.2) is 0 Å². The molecule has 0 heterocycles. The summed E-state index contributed by atoms with van der Waals surface area (Å²) in [6, 6.07) is 18.0. The largest absolute Gasteiger partial charge is 0.393 e. The van der Waals surface area contributed by atoms with Crippen LogP contribution in [0, 0.1) is 10.1 Å². The van der Waals surface area contributed by atoms with Gasteiger partial charge in [0, 0.05) is 25.2 Å². The predicted molar refractivity (Wildman–Crippen MR) is 97.3 cm³/mol. The van der Waals surface area contributed by atoms with Crippen LogP contribution >= 0.6 is 0 Å². The van der Waals surface area contributed by atoms with Gasteiger partial charge in [0.2, 0.25) is 0 Å². The van der Waals surface area contributed by atoms with Crippen LogP contribution in [0.3, 0.4) is 0 Å². The predicted octanol–water partition coefficient (Wildman–Crippen LogP) is 3.60. The lowest BCUT2D eigenvalue weighted by Gasteiger charge is -2.18. The van der Waals surface area contributed by atoms with E-state index in [-0.39, 0.29) is 22.8 Å². The zero-order chi connectivity index (χ0) is 18.0. The van der Waals surface area contributed by atoms with Gasteiger partial charge in [0.15, 0.2) is 0 Å². The van der Waals surface area contributed by atoms with Crippen molar-refractivity contribution in [1.82, 2.24) is 4.90 Å². The molecule has 0 aromatic heterocycles. The van der Waals surface area contributed by atoms with E-state index in [1.807, 2.05) is 42.5 Å². The lowest BCUT2D eigenvalue weighted by molar-refractivity contribution is -0.383. The maximum atomic E-state index is 12.6. The van der Waals surface area contributed by atoms with Crippen LogP contribution in [0.15, 0.2) is 60.7 Å². The first-order valence-electron chi connectivity index (χ1n) is 7.73. The van der Waals surface area contributed by atoms with Crippen molar-refractivity contribution in [3.8, 4) is 0 Å². The molecule has 0 unspecified atom stereocenters. The molecule has 2 N–H and O–H groups in total. The highest BCUT2D eigenvalue weighted by atomic mass is 16.6. The zero-order valence-electron chi connectivity index (χ0n) is 13.7. The van der Waals surface area contributed by atoms with Crippen molar-refractivity contribution >= 4 is 28.1 Å². The minimum Gasteiger partial charge on any atom is -0.393 e. The Hall–Kier alpha value is -3.41. The number of fused-ring (bicyclic) bond motifs is 1. The molecule has 0 atom stereocenters. The highest BCUT2D eigenvalue weighted by Crippen LogP contribution is 2.24. The Labute approximate surface area is 144 Å². The summed E-state index contributed by atoms with van der Waals surface area (Å²) in [4.78, 5) is 24.6. The van der Waals surface area contributed by atoms with Crippen LogP contribution in [0.2, 0.25) is 0 Å². The first-order valence-corrected chi connectivity index (χ1v) is 7.73. The minimum absolute atomic E-state index is 0.0401. The number of anilines is 1. The van der Waals surface area contributed by atoms with E-state index in [1.165, 1.54) is 23.1 Å². The number of carbonyl (C=O) groups excluding carboxylic acids is 1. The Morgan fingerprint density at radius 3 is 2.60 bits per heavy atom. The van der Waals surface area contributed by atoms with E-state index in [0.717, 1.165) is 16.3 Å². The molecule has 0 spiro atoms. The van der Waals surface area contributed by atoms with Crippen LogP contribution in [-0.4, -0.2) is 22.8 Å². The number of nitrogens with zero attached hydrogens (tertiary/aromatic N) is 2. The maximum Gasteiger partial charge on any atom is 0.292 e. The van der Waals surface area contributed by atoms with Crippen molar-refractivity contribution in [3.63, 3.8) is 0 Å². The molecule has 0 saturated heterocycles. The Kier molecular flexibility index (Phi) is 4.35. The van der Waals surface area contributed by atoms with Crippen LogP contribution in [-0.2, 0) is 6.54 Å². The Morgan fingerprint density at radius 1 is 1.12 bits per heavy atom. The van der Waals surface area contributed by atoms with Gasteiger partial charge < -0.3 is 10.6 Å². The third-order valence-corrected chi connectivity index (χ3v) is 4.11. The van der Waals surface area contributed by atoms with Crippen LogP contribution in [0.4, 0.5) is 11.4 Å². The molecule has 6 nitrogen and oxygen atoms in total. The molecule has 3 aromatic rings. The Balaban J connectivity index is 1.88. The maximum absolute atomic E-state index is 12.6. The molecule has 6 heteroatoms. The molecule has 0 fully saturated rings. The van der Waals surface area contributed by atoms with Crippen molar-refractivity contribution in [3.05, 3.63) is 81.9 Å². The minimum atomic E-state index is -0.586. The summed E-state index contributed by atoms with van der Waals surface area (Å²) in [7, 11) is 1.67. The van der Waals surface area contributed by atoms with Crippen LogP contribution < -0.4 is 5.73 Å². The molecule has 1 amide bonds. The molecular formula is C19H17N3O3. The molecule has 0 bridgehead atoms. The van der Waals surface area contributed by atoms with Gasteiger partial charge in [-0.05, 0) is 28.5 Å². The molecular weight excluding hydrogens is 318 g/mol. The molecule has 25 heavy (non-hydrogen) atoms. The van der Waals surface area contributed by atoms with Gasteiger partial charge in [0.25, 0.3) is 11.6 Å². The smallest absolute Gasteiger partial charge is 0.292 e. The molecule has 0 radical (unpaired) electrons. The first-order chi connectivity index (χ1) is 12.0. The van der Waals surface area contributed by atoms with Gasteiger partial charge >= 0.3 is 0 Å². The molecule has 0 aliphatic heterocycles. The van der Waals surface area contributed by atoms with E-state index in [9.17, 15) is 14.9 Å². The number of nitrogens with two attached hydrogens (primary N) is 1. The van der Waals surface area contributed by atoms with Crippen molar-refractivity contribution in [2.45, 2.75) is 6.54 Å². The third kappa shape index (κ3) is 3.28. The fraction of sp³-hybridized carbons (Fsp3) is 0.105. The molecule has 126 valence electrons. The second kappa shape index (κ2) is 6.60. The quantitative estimate of drug-likeness (QED) is 0.448. The lowest BCUT2D eigenvalue weighted by atomic mass is 10.0. The normalized spacial score (nSPS) is 10.6. The number of nitro groups is 1. The van der Waals surface area contributed by atoms with Crippen molar-refractivity contribution in [2.24, 2.45) is 0 Å². The number of amides is 1. The van der Waals surface area contributed by atoms with Crippen LogP contribution in [0.25, 0.3) is 10.8 Å². The summed E-state index contributed by atoms with van der Waals surface area (Å²) in [6.45, 7) is 0.401. The number of nitrogen functional groups attached to an aromatic ring is 1. The molecule has 0 aliphatic rings. The zero-order valence-corrected chi connectivity index (χ0v) is 13.7. The summed E-state index contributed by atoms with van der Waals surface area (Å²) in [5.41, 5.74) is 6.62. The van der Waals surface area contributed by atoms with Crippen LogP contribution in [0.5, 0.6) is 0 Å². The lowest BCUT2D eigenvalue weighted by Crippen LogP contribution is -2.26. The number of rotatable bonds is 4. The van der Waals surface area contributed by atoms with Crippen LogP contribution in [0.1, 0.15) is 15.9 Å². The van der Waals surface area contributed by atoms with Gasteiger partial charge in [0.05, 0.1) is 4.92 Å². The summed E-state index contributed by atoms with van der Waals surface area (Å²) in [5.74, 6) is -0.295. The van der Waals surface area contributed by atoms with E-state index in [0.29, 0.717) is 6.54 Å². The van der Waals surface area contributed by atoms with Gasteiger partial charge in [-0.15, -0.1) is 0 Å². The average molecular weight is 335 g/mol. The average Bonchev–Trinajstić information content (AvgIpc) is 2.61. The van der Waals surface area contributed by atoms with Crippen molar-refractivity contribution < 1.29 is 9.72 Å². The van der Waals surface area contributed by atoms with Crippen molar-refractivity contribution in [1.29, 1.82) is 0 Å². The molecule has 0 saturated carbocycles. The van der Waals surface area contributed by atoms with Gasteiger partial charge in [-0.3, -0.25) is 14.9 Å². The summed E-state index contributed by atoms with van der Waals surface area (Å²) in [6.07, 6.45) is 0. The highest BCUT2D eigenvalue weighted by molar-refractivity contribution is 5.96. The summed E-state index contributed by atoms with van der Waals surface area (Å²) in [5, 5.41) is 13.2. The molecule has 3 aromatic carbocycles. The fourth-order valence-corrected chi connectivity index (χ4v) is 2.81. The van der Waals surface area contributed by atoms with E-state index >= 15 is 0 Å². The van der Waals surface area contributed by atoms with E-state index in [4.69, 9.17) is 5.73 Å². The van der Waals surface area contributed by atoms with Crippen molar-refractivity contribution in [2.75, 3.05) is 12.8 Å². The molecule has 3 rings (SSSR count). The number of nitro benzene ring substituents is 1. The topological polar surface area (TPSA) is 89.5 Å². The van der Waals surface area contributed by atoms with Gasteiger partial charge in [-0.1, -0.05) is 42.5 Å². The number of benzene rings is 3. The summed E-state index contributed by atoms with van der Waals surface area (Å²) < 4.78 is 0. The number of carbonyl (C=O) groups is 1. The monoisotopic (exact) mass is 335 g/mol. The number of hydrogen-bond donors (Lipinski definition) is 1. The second-order valence-corrected chi connectivity index (χ2v) is 5.83. The standard InChI is InChI=1S/C19H17N3O3/c1-21(12-15-7-4-6-13-5-2-3-8-16(13)15)19(23)14-9-10-17(20)18(11-14)22(24)25/h2-11H,12,20H2,1H3. The highest BCUT2D eigenvalue weighted by Gasteiger charge is 2.18. The second-order valence-electron chi connectivity index (χ2n) is 5.83. The SMILES string of the molecule is CN(Cc1cccc2ccccc12)C(=O)c1ccc(N)c([N+](=O)[O-])c1. The first kappa shape index (κ1) is 16.4. The van der Waals surface area contributed by atoms with Gasteiger partial charge in [-0.2, -0.15) is 0 Å². The molecule has 0 aliphatic carbocycles. The third-order valence-electron chi connectivity index (χ3n) is 4.11. The number of hydrogen-bond acceptors (Lipinski definition) is 4. The van der Waals surface area contributed by atoms with E-state index < -0.39 is 4.92 Å². The van der Waals surface area contributed by atoms with Gasteiger partial charge in [0.1, 0.15) is 5.69 Å². The Bertz CT molecular complexity index is 964. The van der Waals surface area contributed by atoms with E-state index in [1.54, 1.807) is 7.05 Å². The Morgan fingerprint density at radius 2 is 1.84 bits per heavy atom.